The molecule has 0 aliphatic rings. The first-order chi connectivity index (χ1) is 17.9. The summed E-state index contributed by atoms with van der Waals surface area (Å²) in [6, 6.07) is 17.2. The monoisotopic (exact) mass is 553 g/mol. The number of aromatic nitrogens is 1. The maximum atomic E-state index is 13.4. The Bertz CT molecular complexity index is 1340. The third-order valence-electron chi connectivity index (χ3n) is 5.53. The van der Waals surface area contributed by atoms with E-state index in [9.17, 15) is 18.4 Å². The normalized spacial score (nSPS) is 13.4. The maximum absolute atomic E-state index is 13.4. The Balaban J connectivity index is 1.58. The molecule has 37 heavy (non-hydrogen) atoms. The molecule has 192 valence electrons. The molecule has 1 unspecified atom stereocenters. The Labute approximate surface area is 225 Å². The van der Waals surface area contributed by atoms with Gasteiger partial charge in [0.05, 0.1) is 11.7 Å². The topological polar surface area (TPSA) is 123 Å². The van der Waals surface area contributed by atoms with Crippen molar-refractivity contribution in [3.63, 3.8) is 0 Å². The van der Waals surface area contributed by atoms with Crippen molar-refractivity contribution in [3.8, 4) is 11.3 Å². The first-order valence-corrected chi connectivity index (χ1v) is 14.3. The number of amides is 2. The number of carbonyl (C=O) groups is 2. The summed E-state index contributed by atoms with van der Waals surface area (Å²) in [5, 5.41) is 12.6. The molecule has 11 heteroatoms. The zero-order valence-corrected chi connectivity index (χ0v) is 22.3. The molecule has 2 heterocycles. The maximum Gasteiger partial charge on any atom is 0.243 e. The molecule has 0 spiro atoms. The number of nitrogens with zero attached hydrogens (tertiary/aromatic N) is 1. The molecule has 4 aromatic rings. The number of nitrogens with one attached hydrogen (secondary N) is 3. The van der Waals surface area contributed by atoms with Gasteiger partial charge in [-0.25, -0.2) is 4.98 Å². The van der Waals surface area contributed by atoms with E-state index >= 15 is 0 Å². The largest absolute Gasteiger partial charge is 0.755 e. The number of hydrogen-bond donors (Lipinski definition) is 3. The lowest BCUT2D eigenvalue weighted by Crippen LogP contribution is -2.48. The van der Waals surface area contributed by atoms with Gasteiger partial charge in [-0.2, -0.15) is 11.3 Å². The highest BCUT2D eigenvalue weighted by Crippen LogP contribution is 2.29. The van der Waals surface area contributed by atoms with E-state index in [-0.39, 0.29) is 11.8 Å². The minimum atomic E-state index is -2.41. The highest BCUT2D eigenvalue weighted by molar-refractivity contribution is 7.80. The number of thiophene rings is 1. The van der Waals surface area contributed by atoms with Crippen LogP contribution in [0, 0.1) is 0 Å². The predicted molar refractivity (Wildman–Crippen MR) is 147 cm³/mol. The van der Waals surface area contributed by atoms with E-state index in [0.29, 0.717) is 18.5 Å². The van der Waals surface area contributed by atoms with Gasteiger partial charge in [-0.05, 0) is 41.1 Å². The third-order valence-corrected chi connectivity index (χ3v) is 7.57. The van der Waals surface area contributed by atoms with Crippen molar-refractivity contribution in [1.29, 1.82) is 0 Å². The molecule has 0 saturated carbocycles. The molecular formula is C26H25N4O4S3-. The van der Waals surface area contributed by atoms with Crippen LogP contribution in [0.25, 0.3) is 11.3 Å². The van der Waals surface area contributed by atoms with E-state index in [1.54, 1.807) is 35.6 Å². The molecule has 3 N–H and O–H groups in total. The van der Waals surface area contributed by atoms with Gasteiger partial charge in [0.2, 0.25) is 11.8 Å². The van der Waals surface area contributed by atoms with Crippen molar-refractivity contribution in [2.24, 2.45) is 0 Å². The summed E-state index contributed by atoms with van der Waals surface area (Å²) in [5.74, 6) is -0.600. The molecule has 2 aromatic heterocycles. The molecule has 0 aliphatic carbocycles. The zero-order valence-electron chi connectivity index (χ0n) is 19.9. The average molecular weight is 554 g/mol. The van der Waals surface area contributed by atoms with E-state index in [2.05, 4.69) is 15.4 Å². The molecule has 0 aliphatic heterocycles. The molecular weight excluding hydrogens is 529 g/mol. The summed E-state index contributed by atoms with van der Waals surface area (Å²) < 4.78 is 24.1. The highest BCUT2D eigenvalue weighted by Gasteiger charge is 2.25. The van der Waals surface area contributed by atoms with Gasteiger partial charge in [-0.15, -0.1) is 11.3 Å². The molecule has 0 saturated heterocycles. The Hall–Kier alpha value is -3.38. The fourth-order valence-corrected chi connectivity index (χ4v) is 5.67. The van der Waals surface area contributed by atoms with Crippen molar-refractivity contribution in [2.45, 2.75) is 31.8 Å². The lowest BCUT2D eigenvalue weighted by molar-refractivity contribution is -0.128. The van der Waals surface area contributed by atoms with Gasteiger partial charge in [0.25, 0.3) is 0 Å². The Kier molecular flexibility index (Phi) is 9.18. The van der Waals surface area contributed by atoms with Gasteiger partial charge in [-0.1, -0.05) is 42.5 Å². The summed E-state index contributed by atoms with van der Waals surface area (Å²) in [6.45, 7) is 1.39. The van der Waals surface area contributed by atoms with Gasteiger partial charge in [-0.3, -0.25) is 13.8 Å². The lowest BCUT2D eigenvalue weighted by Gasteiger charge is -2.22. The van der Waals surface area contributed by atoms with Crippen LogP contribution in [0.1, 0.15) is 29.1 Å². The Morgan fingerprint density at radius 1 is 0.973 bits per heavy atom. The van der Waals surface area contributed by atoms with Gasteiger partial charge in [0.1, 0.15) is 11.0 Å². The summed E-state index contributed by atoms with van der Waals surface area (Å²) in [7, 11) is 0. The van der Waals surface area contributed by atoms with Crippen LogP contribution in [0.15, 0.2) is 76.8 Å². The van der Waals surface area contributed by atoms with Crippen LogP contribution < -0.4 is 15.4 Å². The Morgan fingerprint density at radius 3 is 2.35 bits per heavy atom. The summed E-state index contributed by atoms with van der Waals surface area (Å²) in [6.07, 6.45) is 0.783. The van der Waals surface area contributed by atoms with Crippen molar-refractivity contribution in [1.82, 2.24) is 15.6 Å². The molecule has 2 amide bonds. The van der Waals surface area contributed by atoms with Crippen molar-refractivity contribution >= 4 is 51.4 Å². The second-order valence-corrected chi connectivity index (χ2v) is 10.7. The zero-order chi connectivity index (χ0) is 26.2. The van der Waals surface area contributed by atoms with Gasteiger partial charge < -0.3 is 19.9 Å². The fourth-order valence-electron chi connectivity index (χ4n) is 3.81. The first-order valence-electron chi connectivity index (χ1n) is 11.4. The van der Waals surface area contributed by atoms with Crippen molar-refractivity contribution in [3.05, 3.63) is 92.9 Å². The number of thiazole rings is 1. The van der Waals surface area contributed by atoms with Crippen molar-refractivity contribution in [2.75, 3.05) is 4.72 Å². The third kappa shape index (κ3) is 7.80. The van der Waals surface area contributed by atoms with E-state index in [1.165, 1.54) is 18.3 Å². The van der Waals surface area contributed by atoms with Gasteiger partial charge in [0, 0.05) is 46.6 Å². The van der Waals surface area contributed by atoms with Crippen LogP contribution in [-0.4, -0.2) is 31.6 Å². The molecule has 4 rings (SSSR count). The van der Waals surface area contributed by atoms with E-state index in [4.69, 9.17) is 4.98 Å². The van der Waals surface area contributed by atoms with E-state index < -0.39 is 23.4 Å². The molecule has 0 fully saturated rings. The number of benzene rings is 2. The summed E-state index contributed by atoms with van der Waals surface area (Å²) >= 11 is 0.632. The molecule has 2 aromatic carbocycles. The molecule has 3 atom stereocenters. The standard InChI is InChI=1S/C26H26N4O4S3/c1-17(31)27-22(13-18-5-3-2-4-6-18)25(32)28-23(14-19-7-9-21(10-8-19)30-37(33)34)26-29-24(16-36-26)20-11-12-35-15-20/h2-12,15-16,22-23,30H,13-14H2,1H3,(H,27,31)(H,28,32)(H,33,34)/p-1/t22-,23-/m0/s1. The minimum Gasteiger partial charge on any atom is -0.755 e. The molecule has 8 nitrogen and oxygen atoms in total. The van der Waals surface area contributed by atoms with Crippen LogP contribution in [0.3, 0.4) is 0 Å². The predicted octanol–water partition coefficient (Wildman–Crippen LogP) is 4.23. The summed E-state index contributed by atoms with van der Waals surface area (Å²) in [4.78, 5) is 30.1. The first kappa shape index (κ1) is 26.7. The van der Waals surface area contributed by atoms with Gasteiger partial charge in [0.15, 0.2) is 0 Å². The Morgan fingerprint density at radius 2 is 1.70 bits per heavy atom. The lowest BCUT2D eigenvalue weighted by atomic mass is 10.0. The van der Waals surface area contributed by atoms with Crippen LogP contribution in [0.5, 0.6) is 0 Å². The SMILES string of the molecule is CC(=O)N[C@@H](Cc1ccccc1)C(=O)N[C@@H](Cc1ccc(NS(=O)[O-])cc1)c1nc(-c2ccsc2)cs1. The van der Waals surface area contributed by atoms with Crippen LogP contribution in [-0.2, 0) is 33.7 Å². The van der Waals surface area contributed by atoms with E-state index in [0.717, 1.165) is 27.4 Å². The van der Waals surface area contributed by atoms with Crippen molar-refractivity contribution < 1.29 is 18.4 Å². The van der Waals surface area contributed by atoms with Crippen LogP contribution in [0.2, 0.25) is 0 Å². The second kappa shape index (κ2) is 12.7. The quantitative estimate of drug-likeness (QED) is 0.240. The highest BCUT2D eigenvalue weighted by atomic mass is 32.2. The molecule has 0 bridgehead atoms. The second-order valence-electron chi connectivity index (χ2n) is 8.32. The number of carbonyl (C=O) groups excluding carboxylic acids is 2. The smallest absolute Gasteiger partial charge is 0.243 e. The fraction of sp³-hybridized carbons (Fsp3) is 0.192. The van der Waals surface area contributed by atoms with Crippen LogP contribution in [0.4, 0.5) is 5.69 Å². The molecule has 0 radical (unpaired) electrons. The summed E-state index contributed by atoms with van der Waals surface area (Å²) in [5.41, 5.74) is 4.11. The number of rotatable bonds is 11. The van der Waals surface area contributed by atoms with Crippen LogP contribution >= 0.6 is 22.7 Å². The number of anilines is 1. The van der Waals surface area contributed by atoms with E-state index in [1.807, 2.05) is 52.5 Å². The minimum absolute atomic E-state index is 0.291. The number of hydrogen-bond acceptors (Lipinski definition) is 7. The average Bonchev–Trinajstić information content (AvgIpc) is 3.57. The van der Waals surface area contributed by atoms with Gasteiger partial charge >= 0.3 is 0 Å².